The number of nitrogens with zero attached hydrogens (tertiary/aromatic N) is 1. The molecule has 0 aliphatic rings. The van der Waals surface area contributed by atoms with Crippen LogP contribution in [0.3, 0.4) is 0 Å². The van der Waals surface area contributed by atoms with E-state index in [0.29, 0.717) is 17.8 Å². The maximum Gasteiger partial charge on any atom is 0.339 e. The normalized spacial score (nSPS) is 10.0. The first kappa shape index (κ1) is 16.5. The average Bonchev–Trinajstić information content (AvgIpc) is 2.60. The fourth-order valence-corrected chi connectivity index (χ4v) is 2.18. The summed E-state index contributed by atoms with van der Waals surface area (Å²) in [4.78, 5) is 25.6. The molecule has 0 fully saturated rings. The van der Waals surface area contributed by atoms with Crippen molar-refractivity contribution in [3.8, 4) is 0 Å². The predicted octanol–water partition coefficient (Wildman–Crippen LogP) is 2.54. The van der Waals surface area contributed by atoms with Crippen molar-refractivity contribution in [3.05, 3.63) is 65.7 Å². The molecule has 0 saturated heterocycles. The Labute approximate surface area is 135 Å². The lowest BCUT2D eigenvalue weighted by Gasteiger charge is -2.18. The van der Waals surface area contributed by atoms with E-state index < -0.39 is 5.97 Å². The van der Waals surface area contributed by atoms with Gasteiger partial charge in [-0.2, -0.15) is 0 Å². The van der Waals surface area contributed by atoms with Crippen molar-refractivity contribution in [1.82, 2.24) is 4.90 Å². The Morgan fingerprint density at radius 2 is 1.70 bits per heavy atom. The molecule has 23 heavy (non-hydrogen) atoms. The molecule has 0 aliphatic heterocycles. The van der Waals surface area contributed by atoms with Crippen LogP contribution in [0.2, 0.25) is 0 Å². The van der Waals surface area contributed by atoms with Crippen molar-refractivity contribution >= 4 is 17.6 Å². The van der Waals surface area contributed by atoms with Crippen LogP contribution in [0, 0.1) is 0 Å². The monoisotopic (exact) mass is 312 g/mol. The largest absolute Gasteiger partial charge is 0.465 e. The topological polar surface area (TPSA) is 58.6 Å². The van der Waals surface area contributed by atoms with E-state index in [0.717, 1.165) is 5.56 Å². The summed E-state index contributed by atoms with van der Waals surface area (Å²) in [6.45, 7) is 0.650. The number of carbonyl (C=O) groups excluding carboxylic acids is 2. The summed E-state index contributed by atoms with van der Waals surface area (Å²) in [6, 6.07) is 16.7. The standard InChI is InChI=1S/C18H20N2O3/c1-20(13-14-8-4-3-5-9-14)17(21)12-19-16-11-7-6-10-15(16)18(22)23-2/h3-11,19H,12-13H2,1-2H3. The zero-order valence-electron chi connectivity index (χ0n) is 13.3. The molecule has 0 spiro atoms. The molecule has 0 atom stereocenters. The number of carbonyl (C=O) groups is 2. The van der Waals surface area contributed by atoms with Crippen LogP contribution in [0.15, 0.2) is 54.6 Å². The number of ether oxygens (including phenoxy) is 1. The Hall–Kier alpha value is -2.82. The van der Waals surface area contributed by atoms with E-state index in [-0.39, 0.29) is 12.5 Å². The van der Waals surface area contributed by atoms with Gasteiger partial charge in [-0.15, -0.1) is 0 Å². The Kier molecular flexibility index (Phi) is 5.74. The molecule has 0 heterocycles. The van der Waals surface area contributed by atoms with E-state index in [1.54, 1.807) is 36.2 Å². The number of anilines is 1. The van der Waals surface area contributed by atoms with Crippen molar-refractivity contribution in [2.24, 2.45) is 0 Å². The molecule has 5 nitrogen and oxygen atoms in total. The summed E-state index contributed by atoms with van der Waals surface area (Å²) in [5, 5.41) is 3.00. The van der Waals surface area contributed by atoms with Gasteiger partial charge in [0.05, 0.1) is 19.2 Å². The van der Waals surface area contributed by atoms with Crippen LogP contribution >= 0.6 is 0 Å². The van der Waals surface area contributed by atoms with E-state index in [1.807, 2.05) is 30.3 Å². The highest BCUT2D eigenvalue weighted by Crippen LogP contribution is 2.15. The molecular weight excluding hydrogens is 292 g/mol. The number of hydrogen-bond acceptors (Lipinski definition) is 4. The van der Waals surface area contributed by atoms with Gasteiger partial charge in [-0.3, -0.25) is 4.79 Å². The Morgan fingerprint density at radius 3 is 2.39 bits per heavy atom. The van der Waals surface area contributed by atoms with E-state index >= 15 is 0 Å². The quantitative estimate of drug-likeness (QED) is 0.833. The van der Waals surface area contributed by atoms with Crippen LogP contribution in [-0.2, 0) is 16.1 Å². The van der Waals surface area contributed by atoms with Crippen molar-refractivity contribution in [2.45, 2.75) is 6.54 Å². The molecule has 0 unspecified atom stereocenters. The van der Waals surface area contributed by atoms with Gasteiger partial charge in [-0.1, -0.05) is 42.5 Å². The maximum atomic E-state index is 12.2. The lowest BCUT2D eigenvalue weighted by atomic mass is 10.2. The second kappa shape index (κ2) is 7.98. The van der Waals surface area contributed by atoms with Crippen LogP contribution in [0.4, 0.5) is 5.69 Å². The average molecular weight is 312 g/mol. The first-order valence-electron chi connectivity index (χ1n) is 7.31. The van der Waals surface area contributed by atoms with Crippen molar-refractivity contribution in [1.29, 1.82) is 0 Å². The molecule has 0 saturated carbocycles. The minimum Gasteiger partial charge on any atom is -0.465 e. The molecule has 0 bridgehead atoms. The molecule has 2 rings (SSSR count). The van der Waals surface area contributed by atoms with Gasteiger partial charge in [0.15, 0.2) is 0 Å². The Morgan fingerprint density at radius 1 is 1.04 bits per heavy atom. The minimum atomic E-state index is -0.432. The van der Waals surface area contributed by atoms with Crippen LogP contribution in [0.5, 0.6) is 0 Å². The highest BCUT2D eigenvalue weighted by atomic mass is 16.5. The summed E-state index contributed by atoms with van der Waals surface area (Å²) >= 11 is 0. The molecule has 0 radical (unpaired) electrons. The number of rotatable bonds is 6. The molecule has 1 amide bonds. The van der Waals surface area contributed by atoms with Gasteiger partial charge in [0.2, 0.25) is 5.91 Å². The minimum absolute atomic E-state index is 0.0616. The zero-order chi connectivity index (χ0) is 16.7. The highest BCUT2D eigenvalue weighted by molar-refractivity contribution is 5.96. The third kappa shape index (κ3) is 4.57. The molecular formula is C18H20N2O3. The Balaban J connectivity index is 1.95. The van der Waals surface area contributed by atoms with Gasteiger partial charge in [0, 0.05) is 19.3 Å². The number of esters is 1. The number of hydrogen-bond donors (Lipinski definition) is 1. The summed E-state index contributed by atoms with van der Waals surface area (Å²) in [5.41, 5.74) is 2.06. The van der Waals surface area contributed by atoms with E-state index in [2.05, 4.69) is 5.32 Å². The van der Waals surface area contributed by atoms with Crippen LogP contribution in [0.25, 0.3) is 0 Å². The number of likely N-dealkylation sites (N-methyl/N-ethyl adjacent to an activating group) is 1. The molecule has 0 aliphatic carbocycles. The van der Waals surface area contributed by atoms with E-state index in [4.69, 9.17) is 4.74 Å². The molecule has 1 N–H and O–H groups in total. The number of benzene rings is 2. The van der Waals surface area contributed by atoms with Gasteiger partial charge in [0.25, 0.3) is 0 Å². The lowest BCUT2D eigenvalue weighted by molar-refractivity contribution is -0.128. The van der Waals surface area contributed by atoms with Gasteiger partial charge < -0.3 is 15.0 Å². The molecule has 2 aromatic carbocycles. The van der Waals surface area contributed by atoms with Crippen molar-refractivity contribution in [2.75, 3.05) is 26.0 Å². The van der Waals surface area contributed by atoms with E-state index in [9.17, 15) is 9.59 Å². The second-order valence-electron chi connectivity index (χ2n) is 5.13. The van der Waals surface area contributed by atoms with Gasteiger partial charge >= 0.3 is 5.97 Å². The maximum absolute atomic E-state index is 12.2. The molecule has 0 aromatic heterocycles. The van der Waals surface area contributed by atoms with Gasteiger partial charge in [-0.05, 0) is 17.7 Å². The van der Waals surface area contributed by atoms with Gasteiger partial charge in [-0.25, -0.2) is 4.79 Å². The van der Waals surface area contributed by atoms with E-state index in [1.165, 1.54) is 7.11 Å². The fourth-order valence-electron chi connectivity index (χ4n) is 2.18. The first-order chi connectivity index (χ1) is 11.1. The van der Waals surface area contributed by atoms with Gasteiger partial charge in [0.1, 0.15) is 0 Å². The second-order valence-corrected chi connectivity index (χ2v) is 5.13. The fraction of sp³-hybridized carbons (Fsp3) is 0.222. The Bertz CT molecular complexity index is 671. The summed E-state index contributed by atoms with van der Waals surface area (Å²) in [5.74, 6) is -0.494. The highest BCUT2D eigenvalue weighted by Gasteiger charge is 2.13. The number of methoxy groups -OCH3 is 1. The number of para-hydroxylation sites is 1. The predicted molar refractivity (Wildman–Crippen MR) is 89.2 cm³/mol. The SMILES string of the molecule is COC(=O)c1ccccc1NCC(=O)N(C)Cc1ccccc1. The third-order valence-corrected chi connectivity index (χ3v) is 3.45. The first-order valence-corrected chi connectivity index (χ1v) is 7.31. The summed E-state index contributed by atoms with van der Waals surface area (Å²) < 4.78 is 4.74. The van der Waals surface area contributed by atoms with Crippen LogP contribution in [-0.4, -0.2) is 37.5 Å². The van der Waals surface area contributed by atoms with Crippen molar-refractivity contribution < 1.29 is 14.3 Å². The summed E-state index contributed by atoms with van der Waals surface area (Å²) in [6.07, 6.45) is 0. The molecule has 5 heteroatoms. The number of nitrogens with one attached hydrogen (secondary N) is 1. The van der Waals surface area contributed by atoms with Crippen LogP contribution in [0.1, 0.15) is 15.9 Å². The van der Waals surface area contributed by atoms with Crippen molar-refractivity contribution in [3.63, 3.8) is 0 Å². The summed E-state index contributed by atoms with van der Waals surface area (Å²) in [7, 11) is 3.08. The van der Waals surface area contributed by atoms with Crippen LogP contribution < -0.4 is 5.32 Å². The smallest absolute Gasteiger partial charge is 0.339 e. The molecule has 2 aromatic rings. The molecule has 120 valence electrons. The third-order valence-electron chi connectivity index (χ3n) is 3.45. The number of amides is 1. The zero-order valence-corrected chi connectivity index (χ0v) is 13.3. The lowest BCUT2D eigenvalue weighted by Crippen LogP contribution is -2.32.